The van der Waals surface area contributed by atoms with E-state index in [-0.39, 0.29) is 44.1 Å². The molecule has 8 bridgehead atoms. The molecular formula is C42H42O10. The summed E-state index contributed by atoms with van der Waals surface area (Å²) >= 11 is 0. The predicted molar refractivity (Wildman–Crippen MR) is 190 cm³/mol. The number of hydrogen-bond acceptors (Lipinski definition) is 10. The third-order valence-electron chi connectivity index (χ3n) is 11.9. The minimum atomic E-state index is -1.39. The fourth-order valence-corrected chi connectivity index (χ4v) is 8.92. The Balaban J connectivity index is 1.44. The summed E-state index contributed by atoms with van der Waals surface area (Å²) in [5.41, 5.74) is 11.2. The molecule has 0 radical (unpaired) electrons. The third kappa shape index (κ3) is 4.45. The van der Waals surface area contributed by atoms with Crippen molar-refractivity contribution < 1.29 is 47.4 Å². The predicted octanol–water partition coefficient (Wildman–Crippen LogP) is 8.30. The molecule has 0 aromatic heterocycles. The van der Waals surface area contributed by atoms with Crippen LogP contribution in [0, 0.1) is 27.7 Å². The van der Waals surface area contributed by atoms with Gasteiger partial charge in [-0.15, -0.1) is 0 Å². The maximum atomic E-state index is 13.3. The average Bonchev–Trinajstić information content (AvgIpc) is 3.11. The summed E-state index contributed by atoms with van der Waals surface area (Å²) < 4.78 is 56.8. The van der Waals surface area contributed by atoms with Crippen LogP contribution in [0.3, 0.4) is 0 Å². The molecule has 4 aromatic rings. The number of hydrogen-bond donors (Lipinski definition) is 0. The number of carbonyl (C=O) groups is 1. The molecule has 270 valence electrons. The zero-order chi connectivity index (χ0) is 36.3. The van der Waals surface area contributed by atoms with E-state index in [1.165, 1.54) is 7.11 Å². The van der Waals surface area contributed by atoms with Crippen molar-refractivity contribution in [2.75, 3.05) is 27.5 Å². The normalized spacial score (nSPS) is 22.8. The van der Waals surface area contributed by atoms with Crippen molar-refractivity contribution in [3.8, 4) is 46.0 Å². The number of methoxy groups -OCH3 is 1. The molecule has 0 saturated carbocycles. The van der Waals surface area contributed by atoms with E-state index in [1.54, 1.807) is 0 Å². The van der Waals surface area contributed by atoms with Crippen LogP contribution < -0.4 is 37.9 Å². The van der Waals surface area contributed by atoms with Gasteiger partial charge in [0.2, 0.25) is 20.4 Å². The second-order valence-electron chi connectivity index (χ2n) is 14.6. The minimum absolute atomic E-state index is 0.0247. The number of esters is 1. The van der Waals surface area contributed by atoms with E-state index in [0.717, 1.165) is 89.8 Å². The van der Waals surface area contributed by atoms with Crippen molar-refractivity contribution in [1.29, 1.82) is 0 Å². The van der Waals surface area contributed by atoms with E-state index in [9.17, 15) is 4.79 Å². The summed E-state index contributed by atoms with van der Waals surface area (Å²) in [6, 6.07) is 8.80. The van der Waals surface area contributed by atoms with Gasteiger partial charge in [-0.1, -0.05) is 27.7 Å². The first-order valence-corrected chi connectivity index (χ1v) is 17.9. The number of carbonyl (C=O) groups excluding carboxylic acids is 1. The minimum Gasteiger partial charge on any atom is -0.463 e. The van der Waals surface area contributed by atoms with Crippen LogP contribution in [0.1, 0.15) is 118 Å². The Labute approximate surface area is 302 Å². The maximum Gasteiger partial charge on any atom is 0.389 e. The summed E-state index contributed by atoms with van der Waals surface area (Å²) in [6.07, 6.45) is -1.39. The van der Waals surface area contributed by atoms with E-state index < -0.39 is 12.3 Å². The average molecular weight is 707 g/mol. The summed E-state index contributed by atoms with van der Waals surface area (Å²) in [7, 11) is 1.32. The zero-order valence-corrected chi connectivity index (χ0v) is 30.9. The molecule has 0 amide bonds. The zero-order valence-electron chi connectivity index (χ0n) is 30.9. The second kappa shape index (κ2) is 11.6. The van der Waals surface area contributed by atoms with Crippen LogP contribution in [0.2, 0.25) is 0 Å². The Morgan fingerprint density at radius 3 is 0.942 bits per heavy atom. The highest BCUT2D eigenvalue weighted by Gasteiger charge is 2.39. The van der Waals surface area contributed by atoms with Crippen LogP contribution in [0.5, 0.6) is 46.0 Å². The lowest BCUT2D eigenvalue weighted by molar-refractivity contribution is -0.162. The fraction of sp³-hybridized carbons (Fsp3) is 0.405. The molecule has 5 atom stereocenters. The first kappa shape index (κ1) is 32.6. The molecular weight excluding hydrogens is 664 g/mol. The lowest BCUT2D eigenvalue weighted by Crippen LogP contribution is -2.36. The van der Waals surface area contributed by atoms with E-state index >= 15 is 0 Å². The molecule has 10 heteroatoms. The monoisotopic (exact) mass is 706 g/mol. The molecule has 4 heterocycles. The van der Waals surface area contributed by atoms with Crippen molar-refractivity contribution in [2.24, 2.45) is 0 Å². The Hall–Kier alpha value is -5.25. The van der Waals surface area contributed by atoms with Crippen molar-refractivity contribution in [3.05, 3.63) is 91.0 Å². The molecule has 0 spiro atoms. The standard InChI is InChI=1S/C42H42O10/c1-17-25-10-27-18(2)29-12-31-20(4)32-13-30-19(3)28-11-26(17)34-22(6)36(28)48-16-50-38(30)24(8)40(32)52-42(41(43)44-9)51-39(31)23(7)37(29)49-15-47-35(27)21(5)33(25)45-14-46-34/h10-13,17-20,42H,14-16H2,1-9H3/t17-,18+,19-,20+,42+. The smallest absolute Gasteiger partial charge is 0.389 e. The van der Waals surface area contributed by atoms with Crippen molar-refractivity contribution >= 4 is 5.97 Å². The van der Waals surface area contributed by atoms with Gasteiger partial charge < -0.3 is 42.6 Å². The van der Waals surface area contributed by atoms with Gasteiger partial charge in [0.05, 0.1) is 7.11 Å². The molecule has 0 N–H and O–H groups in total. The summed E-state index contributed by atoms with van der Waals surface area (Å²) in [6.45, 7) is 16.6. The summed E-state index contributed by atoms with van der Waals surface area (Å²) in [5, 5.41) is 0. The molecule has 0 unspecified atom stereocenters. The van der Waals surface area contributed by atoms with Gasteiger partial charge in [0.25, 0.3) is 0 Å². The van der Waals surface area contributed by atoms with Gasteiger partial charge in [-0.2, -0.15) is 0 Å². The van der Waals surface area contributed by atoms with Crippen LogP contribution in [-0.4, -0.2) is 39.7 Å². The Bertz CT molecular complexity index is 2080. The molecule has 1 aliphatic carbocycles. The number of ether oxygens (including phenoxy) is 9. The van der Waals surface area contributed by atoms with Gasteiger partial charge in [0.1, 0.15) is 46.0 Å². The molecule has 0 fully saturated rings. The van der Waals surface area contributed by atoms with Crippen molar-refractivity contribution in [3.63, 3.8) is 0 Å². The first-order valence-electron chi connectivity index (χ1n) is 17.9. The lowest BCUT2D eigenvalue weighted by Gasteiger charge is -2.36. The molecule has 4 aromatic carbocycles. The lowest BCUT2D eigenvalue weighted by atomic mass is 9.78. The molecule has 9 rings (SSSR count). The van der Waals surface area contributed by atoms with E-state index in [2.05, 4.69) is 52.0 Å². The van der Waals surface area contributed by atoms with Gasteiger partial charge in [-0.05, 0) is 52.0 Å². The van der Waals surface area contributed by atoms with Crippen molar-refractivity contribution in [2.45, 2.75) is 85.4 Å². The molecule has 0 saturated heterocycles. The van der Waals surface area contributed by atoms with Crippen LogP contribution in [0.15, 0.2) is 24.3 Å². The highest BCUT2D eigenvalue weighted by atomic mass is 16.7. The van der Waals surface area contributed by atoms with E-state index in [1.807, 2.05) is 27.7 Å². The molecule has 5 aliphatic rings. The highest BCUT2D eigenvalue weighted by molar-refractivity contribution is 5.76. The molecule has 10 nitrogen and oxygen atoms in total. The maximum absolute atomic E-state index is 13.3. The summed E-state index contributed by atoms with van der Waals surface area (Å²) in [5.74, 6) is 3.96. The van der Waals surface area contributed by atoms with Gasteiger partial charge in [-0.3, -0.25) is 0 Å². The van der Waals surface area contributed by atoms with Gasteiger partial charge in [0.15, 0.2) is 0 Å². The Kier molecular flexibility index (Phi) is 7.30. The Morgan fingerprint density at radius 1 is 0.462 bits per heavy atom. The fourth-order valence-electron chi connectivity index (χ4n) is 8.92. The largest absolute Gasteiger partial charge is 0.463 e. The van der Waals surface area contributed by atoms with Gasteiger partial charge in [0, 0.05) is 90.4 Å². The summed E-state index contributed by atoms with van der Waals surface area (Å²) in [4.78, 5) is 13.3. The quantitative estimate of drug-likeness (QED) is 0.180. The van der Waals surface area contributed by atoms with Crippen LogP contribution in [-0.2, 0) is 9.53 Å². The molecule has 52 heavy (non-hydrogen) atoms. The SMILES string of the molecule is COC(=O)[C@@H]1Oc2c3cc4c(c2C)OCOc2c(cc5c(c2C)OCOc2c(cc6c(c2C)OCOc2c(cc(c(c2C)O1)[C@@H]3C)[C@H]6C)[C@H]5C)[C@H]4C. The highest BCUT2D eigenvalue weighted by Crippen LogP contribution is 2.56. The Morgan fingerprint density at radius 2 is 0.692 bits per heavy atom. The topological polar surface area (TPSA) is 100 Å². The van der Waals surface area contributed by atoms with Crippen molar-refractivity contribution in [1.82, 2.24) is 0 Å². The number of benzene rings is 4. The van der Waals surface area contributed by atoms with E-state index in [4.69, 9.17) is 42.6 Å². The third-order valence-corrected chi connectivity index (χ3v) is 11.9. The second-order valence-corrected chi connectivity index (χ2v) is 14.6. The van der Waals surface area contributed by atoms with Gasteiger partial charge in [-0.25, -0.2) is 4.79 Å². The molecule has 4 aliphatic heterocycles. The van der Waals surface area contributed by atoms with E-state index in [0.29, 0.717) is 23.0 Å². The first-order chi connectivity index (χ1) is 25.0. The van der Waals surface area contributed by atoms with Crippen LogP contribution >= 0.6 is 0 Å². The number of rotatable bonds is 1. The van der Waals surface area contributed by atoms with Crippen LogP contribution in [0.4, 0.5) is 0 Å². The van der Waals surface area contributed by atoms with Gasteiger partial charge >= 0.3 is 12.3 Å². The van der Waals surface area contributed by atoms with Crippen LogP contribution in [0.25, 0.3) is 0 Å².